The van der Waals surface area contributed by atoms with E-state index >= 15 is 0 Å². The maximum absolute atomic E-state index is 14.5. The molecule has 1 aromatic heterocycles. The second-order valence-electron chi connectivity index (χ2n) is 7.73. The number of anilines is 1. The third-order valence-corrected chi connectivity index (χ3v) is 5.46. The summed E-state index contributed by atoms with van der Waals surface area (Å²) in [5, 5.41) is 6.31. The zero-order valence-electron chi connectivity index (χ0n) is 16.9. The fourth-order valence-corrected chi connectivity index (χ4v) is 3.97. The summed E-state index contributed by atoms with van der Waals surface area (Å²) >= 11 is 0. The molecule has 0 radical (unpaired) electrons. The predicted octanol–water partition coefficient (Wildman–Crippen LogP) is 4.81. The summed E-state index contributed by atoms with van der Waals surface area (Å²) in [5.41, 5.74) is 3.09. The van der Waals surface area contributed by atoms with Gasteiger partial charge in [0.05, 0.1) is 6.20 Å². The zero-order chi connectivity index (χ0) is 20.9. The molecule has 3 aromatic rings. The van der Waals surface area contributed by atoms with Gasteiger partial charge in [0, 0.05) is 24.6 Å². The molecule has 0 atom stereocenters. The van der Waals surface area contributed by atoms with Gasteiger partial charge in [-0.15, -0.1) is 0 Å². The number of halogens is 1. The lowest BCUT2D eigenvalue weighted by atomic mass is 9.91. The molecular formula is C24H25FN4O. The fraction of sp³-hybridized carbons (Fsp3) is 0.292. The van der Waals surface area contributed by atoms with Crippen LogP contribution in [-0.4, -0.2) is 28.0 Å². The summed E-state index contributed by atoms with van der Waals surface area (Å²) in [6, 6.07) is 18.2. The van der Waals surface area contributed by atoms with Crippen LogP contribution in [0.2, 0.25) is 0 Å². The Morgan fingerprint density at radius 1 is 0.933 bits per heavy atom. The molecule has 5 nitrogen and oxygen atoms in total. The van der Waals surface area contributed by atoms with E-state index in [1.807, 2.05) is 54.6 Å². The fourth-order valence-electron chi connectivity index (χ4n) is 3.97. The van der Waals surface area contributed by atoms with Crippen LogP contribution in [0.3, 0.4) is 0 Å². The van der Waals surface area contributed by atoms with Crippen LogP contribution in [-0.2, 0) is 4.79 Å². The van der Waals surface area contributed by atoms with Gasteiger partial charge < -0.3 is 10.6 Å². The van der Waals surface area contributed by atoms with Gasteiger partial charge in [0.2, 0.25) is 11.9 Å². The van der Waals surface area contributed by atoms with Crippen LogP contribution in [0, 0.1) is 5.82 Å². The average Bonchev–Trinajstić information content (AvgIpc) is 2.77. The van der Waals surface area contributed by atoms with Crippen molar-refractivity contribution < 1.29 is 9.18 Å². The van der Waals surface area contributed by atoms with Gasteiger partial charge in [-0.3, -0.25) is 4.79 Å². The standard InChI is InChI=1S/C24H25FN4O/c1-16(30)27-20-10-12-21(13-11-20)28-24-26-15-22(25)23(29-24)19-9-5-8-18(14-19)17-6-3-2-4-7-17/h2-9,14-15,20-21H,10-13H2,1H3,(H,27,30)(H,26,28,29). The lowest BCUT2D eigenvalue weighted by Crippen LogP contribution is -2.39. The smallest absolute Gasteiger partial charge is 0.223 e. The first-order valence-electron chi connectivity index (χ1n) is 10.3. The number of benzene rings is 2. The SMILES string of the molecule is CC(=O)NC1CCC(Nc2ncc(F)c(-c3cccc(-c4ccccc4)c3)n2)CC1. The van der Waals surface area contributed by atoms with Gasteiger partial charge in [0.25, 0.3) is 0 Å². The Hall–Kier alpha value is -3.28. The van der Waals surface area contributed by atoms with E-state index in [0.29, 0.717) is 11.5 Å². The van der Waals surface area contributed by atoms with Crippen molar-refractivity contribution >= 4 is 11.9 Å². The molecule has 154 valence electrons. The highest BCUT2D eigenvalue weighted by Crippen LogP contribution is 2.28. The van der Waals surface area contributed by atoms with Gasteiger partial charge in [-0.1, -0.05) is 48.5 Å². The largest absolute Gasteiger partial charge is 0.354 e. The minimum absolute atomic E-state index is 0.00986. The highest BCUT2D eigenvalue weighted by Gasteiger charge is 2.22. The van der Waals surface area contributed by atoms with E-state index < -0.39 is 5.82 Å². The van der Waals surface area contributed by atoms with E-state index in [4.69, 9.17) is 0 Å². The molecule has 2 aromatic carbocycles. The normalized spacial score (nSPS) is 18.6. The molecule has 2 N–H and O–H groups in total. The molecule has 0 aliphatic heterocycles. The van der Waals surface area contributed by atoms with Gasteiger partial charge in [-0.2, -0.15) is 0 Å². The lowest BCUT2D eigenvalue weighted by Gasteiger charge is -2.29. The molecular weight excluding hydrogens is 379 g/mol. The highest BCUT2D eigenvalue weighted by molar-refractivity contribution is 5.73. The van der Waals surface area contributed by atoms with Gasteiger partial charge >= 0.3 is 0 Å². The van der Waals surface area contributed by atoms with Crippen LogP contribution < -0.4 is 10.6 Å². The van der Waals surface area contributed by atoms with E-state index in [-0.39, 0.29) is 23.7 Å². The lowest BCUT2D eigenvalue weighted by molar-refractivity contribution is -0.119. The molecule has 1 aliphatic carbocycles. The number of carbonyl (C=O) groups excluding carboxylic acids is 1. The highest BCUT2D eigenvalue weighted by atomic mass is 19.1. The van der Waals surface area contributed by atoms with Crippen molar-refractivity contribution in [1.82, 2.24) is 15.3 Å². The molecule has 4 rings (SSSR count). The number of aromatic nitrogens is 2. The Kier molecular flexibility index (Phi) is 6.02. The Balaban J connectivity index is 1.50. The first kappa shape index (κ1) is 20.0. The average molecular weight is 404 g/mol. The summed E-state index contributed by atoms with van der Waals surface area (Å²) in [4.78, 5) is 19.8. The molecule has 0 saturated heterocycles. The van der Waals surface area contributed by atoms with E-state index in [9.17, 15) is 9.18 Å². The van der Waals surface area contributed by atoms with Crippen molar-refractivity contribution in [2.24, 2.45) is 0 Å². The Labute approximate surface area is 175 Å². The summed E-state index contributed by atoms with van der Waals surface area (Å²) in [6.45, 7) is 1.55. The van der Waals surface area contributed by atoms with Crippen LogP contribution in [0.1, 0.15) is 32.6 Å². The summed E-state index contributed by atoms with van der Waals surface area (Å²) in [5.74, 6) is -0.00438. The van der Waals surface area contributed by atoms with Crippen molar-refractivity contribution in [2.75, 3.05) is 5.32 Å². The van der Waals surface area contributed by atoms with Crippen molar-refractivity contribution in [1.29, 1.82) is 0 Å². The van der Waals surface area contributed by atoms with Gasteiger partial charge in [0.15, 0.2) is 5.82 Å². The van der Waals surface area contributed by atoms with Gasteiger partial charge in [-0.25, -0.2) is 14.4 Å². The first-order valence-corrected chi connectivity index (χ1v) is 10.3. The van der Waals surface area contributed by atoms with Crippen molar-refractivity contribution in [3.63, 3.8) is 0 Å². The van der Waals surface area contributed by atoms with Crippen LogP contribution in [0.15, 0.2) is 60.8 Å². The Bertz CT molecular complexity index is 1020. The van der Waals surface area contributed by atoms with Crippen LogP contribution >= 0.6 is 0 Å². The van der Waals surface area contributed by atoms with E-state index in [1.165, 1.54) is 6.20 Å². The Morgan fingerprint density at radius 2 is 1.60 bits per heavy atom. The molecule has 1 amide bonds. The second kappa shape index (κ2) is 9.03. The zero-order valence-corrected chi connectivity index (χ0v) is 16.9. The quantitative estimate of drug-likeness (QED) is 0.640. The number of carbonyl (C=O) groups is 1. The second-order valence-corrected chi connectivity index (χ2v) is 7.73. The number of nitrogens with zero attached hydrogens (tertiary/aromatic N) is 2. The molecule has 1 heterocycles. The molecule has 1 saturated carbocycles. The van der Waals surface area contributed by atoms with Gasteiger partial charge in [0.1, 0.15) is 5.69 Å². The van der Waals surface area contributed by atoms with Crippen molar-refractivity contribution in [3.8, 4) is 22.4 Å². The third-order valence-electron chi connectivity index (χ3n) is 5.46. The minimum Gasteiger partial charge on any atom is -0.354 e. The summed E-state index contributed by atoms with van der Waals surface area (Å²) < 4.78 is 14.5. The molecule has 30 heavy (non-hydrogen) atoms. The van der Waals surface area contributed by atoms with Crippen LogP contribution in [0.5, 0.6) is 0 Å². The number of amides is 1. The van der Waals surface area contributed by atoms with Crippen LogP contribution in [0.4, 0.5) is 10.3 Å². The number of hydrogen-bond acceptors (Lipinski definition) is 4. The topological polar surface area (TPSA) is 66.9 Å². The van der Waals surface area contributed by atoms with Crippen LogP contribution in [0.25, 0.3) is 22.4 Å². The maximum atomic E-state index is 14.5. The number of rotatable bonds is 5. The van der Waals surface area contributed by atoms with E-state index in [2.05, 4.69) is 20.6 Å². The maximum Gasteiger partial charge on any atom is 0.223 e. The predicted molar refractivity (Wildman–Crippen MR) is 116 cm³/mol. The summed E-state index contributed by atoms with van der Waals surface area (Å²) in [7, 11) is 0. The number of hydrogen-bond donors (Lipinski definition) is 2. The van der Waals surface area contributed by atoms with E-state index in [1.54, 1.807) is 6.92 Å². The summed E-state index contributed by atoms with van der Waals surface area (Å²) in [6.07, 6.45) is 4.85. The monoisotopic (exact) mass is 404 g/mol. The molecule has 0 bridgehead atoms. The third kappa shape index (κ3) is 4.82. The minimum atomic E-state index is -0.444. The Morgan fingerprint density at radius 3 is 2.33 bits per heavy atom. The molecule has 1 fully saturated rings. The van der Waals surface area contributed by atoms with Gasteiger partial charge in [-0.05, 0) is 42.9 Å². The first-order chi connectivity index (χ1) is 14.6. The van der Waals surface area contributed by atoms with Crippen molar-refractivity contribution in [3.05, 3.63) is 66.6 Å². The number of nitrogens with one attached hydrogen (secondary N) is 2. The molecule has 6 heteroatoms. The van der Waals surface area contributed by atoms with E-state index in [0.717, 1.165) is 36.8 Å². The molecule has 1 aliphatic rings. The van der Waals surface area contributed by atoms with Crippen molar-refractivity contribution in [2.45, 2.75) is 44.7 Å². The molecule has 0 unspecified atom stereocenters. The molecule has 0 spiro atoms.